The fraction of sp³-hybridized carbons (Fsp3) is 0.350. The molecule has 154 valence electrons. The van der Waals surface area contributed by atoms with E-state index in [2.05, 4.69) is 28.9 Å². The van der Waals surface area contributed by atoms with Crippen LogP contribution in [0.1, 0.15) is 31.9 Å². The smallest absolute Gasteiger partial charge is 0.137 e. The number of nitrogens with zero attached hydrogens (tertiary/aromatic N) is 4. The zero-order valence-electron chi connectivity index (χ0n) is 16.3. The first-order valence-electron chi connectivity index (χ1n) is 8.98. The quantitative estimate of drug-likeness (QED) is 0.523. The molecule has 0 spiro atoms. The maximum absolute atomic E-state index is 14.6. The molecule has 0 unspecified atom stereocenters. The number of aromatic nitrogens is 4. The summed E-state index contributed by atoms with van der Waals surface area (Å²) in [7, 11) is 3.01. The van der Waals surface area contributed by atoms with Crippen molar-refractivity contribution in [1.29, 1.82) is 0 Å². The number of pyridine rings is 1. The van der Waals surface area contributed by atoms with Crippen LogP contribution < -0.4 is 0 Å². The van der Waals surface area contributed by atoms with Crippen LogP contribution >= 0.6 is 21.6 Å². The normalized spacial score (nSPS) is 15.1. The predicted octanol–water partition coefficient (Wildman–Crippen LogP) is 4.54. The molecule has 0 aliphatic carbocycles. The van der Waals surface area contributed by atoms with Gasteiger partial charge in [0.15, 0.2) is 0 Å². The van der Waals surface area contributed by atoms with Crippen molar-refractivity contribution < 1.29 is 13.9 Å². The van der Waals surface area contributed by atoms with Crippen LogP contribution in [-0.4, -0.2) is 30.1 Å². The Morgan fingerprint density at radius 1 is 1.14 bits per heavy atom. The van der Waals surface area contributed by atoms with Gasteiger partial charge in [-0.05, 0) is 44.5 Å². The van der Waals surface area contributed by atoms with E-state index in [4.69, 9.17) is 0 Å². The Bertz CT molecular complexity index is 941. The highest BCUT2D eigenvalue weighted by atomic mass is 33.1. The van der Waals surface area contributed by atoms with Crippen molar-refractivity contribution in [3.63, 3.8) is 0 Å². The van der Waals surface area contributed by atoms with Crippen molar-refractivity contribution >= 4 is 21.6 Å². The molecule has 0 radical (unpaired) electrons. The average molecular weight is 437 g/mol. The second-order valence-electron chi connectivity index (χ2n) is 7.21. The molecule has 2 aromatic heterocycles. The van der Waals surface area contributed by atoms with E-state index >= 15 is 0 Å². The third kappa shape index (κ3) is 4.96. The molecular formula is C20H22F2N4OS2. The van der Waals surface area contributed by atoms with Gasteiger partial charge in [-0.15, -0.1) is 0 Å². The van der Waals surface area contributed by atoms with Crippen molar-refractivity contribution in [2.75, 3.05) is 0 Å². The van der Waals surface area contributed by atoms with Crippen molar-refractivity contribution in [3.05, 3.63) is 78.1 Å². The van der Waals surface area contributed by atoms with Gasteiger partial charge in [0.1, 0.15) is 29.9 Å². The fourth-order valence-corrected chi connectivity index (χ4v) is 5.81. The SMILES string of the molecule is C[C@@H](SSC(C)(C)c1ccncc1)[C@](O)(Cn1cncn1)c1ccc(F)cc1F. The minimum Gasteiger partial charge on any atom is -0.382 e. The molecule has 0 saturated heterocycles. The third-order valence-corrected chi connectivity index (χ3v) is 8.55. The lowest BCUT2D eigenvalue weighted by molar-refractivity contribution is 0.0137. The first kappa shape index (κ1) is 21.7. The first-order valence-corrected chi connectivity index (χ1v) is 11.2. The van der Waals surface area contributed by atoms with Gasteiger partial charge in [-0.25, -0.2) is 18.4 Å². The lowest BCUT2D eigenvalue weighted by Gasteiger charge is -2.35. The molecule has 0 amide bonds. The van der Waals surface area contributed by atoms with Gasteiger partial charge in [-0.3, -0.25) is 4.98 Å². The number of rotatable bonds is 8. The second-order valence-corrected chi connectivity index (χ2v) is 10.4. The number of aliphatic hydroxyl groups is 1. The van der Waals surface area contributed by atoms with Gasteiger partial charge < -0.3 is 5.11 Å². The van der Waals surface area contributed by atoms with Crippen LogP contribution in [0.25, 0.3) is 0 Å². The van der Waals surface area contributed by atoms with Crippen LogP contribution in [0.3, 0.4) is 0 Å². The Labute approximate surface area is 176 Å². The topological polar surface area (TPSA) is 63.8 Å². The molecule has 0 fully saturated rings. The largest absolute Gasteiger partial charge is 0.382 e. The Morgan fingerprint density at radius 2 is 1.86 bits per heavy atom. The summed E-state index contributed by atoms with van der Waals surface area (Å²) in [6, 6.07) is 7.11. The molecule has 29 heavy (non-hydrogen) atoms. The average Bonchev–Trinajstić information content (AvgIpc) is 3.19. The monoisotopic (exact) mass is 436 g/mol. The molecule has 3 aromatic rings. The highest BCUT2D eigenvalue weighted by molar-refractivity contribution is 8.77. The summed E-state index contributed by atoms with van der Waals surface area (Å²) in [6.45, 7) is 5.95. The first-order chi connectivity index (χ1) is 13.7. The Morgan fingerprint density at radius 3 is 2.48 bits per heavy atom. The Balaban J connectivity index is 1.87. The van der Waals surface area contributed by atoms with E-state index in [1.165, 1.54) is 34.2 Å². The van der Waals surface area contributed by atoms with Crippen molar-refractivity contribution in [2.45, 2.75) is 42.9 Å². The van der Waals surface area contributed by atoms with Crippen LogP contribution in [0.5, 0.6) is 0 Å². The highest BCUT2D eigenvalue weighted by Gasteiger charge is 2.40. The summed E-state index contributed by atoms with van der Waals surface area (Å²) < 4.78 is 29.2. The summed E-state index contributed by atoms with van der Waals surface area (Å²) in [5.74, 6) is -1.48. The lowest BCUT2D eigenvalue weighted by atomic mass is 9.90. The van der Waals surface area contributed by atoms with Crippen LogP contribution in [0.4, 0.5) is 8.78 Å². The molecule has 9 heteroatoms. The summed E-state index contributed by atoms with van der Waals surface area (Å²) in [4.78, 5) is 7.94. The van der Waals surface area contributed by atoms with Gasteiger partial charge in [-0.2, -0.15) is 5.10 Å². The maximum Gasteiger partial charge on any atom is 0.137 e. The standard InChI is InChI=1S/C20H22F2N4OS2/c1-14(28-29-19(2,3)15-6-8-23-9-7-15)20(27,11-26-13-24-12-25-26)17-5-4-16(21)10-18(17)22/h4-10,12-14,27H,11H2,1-3H3/t14-,20-/m1/s1. The van der Waals surface area contributed by atoms with E-state index in [1.807, 2.05) is 19.1 Å². The van der Waals surface area contributed by atoms with Crippen LogP contribution in [-0.2, 0) is 16.9 Å². The summed E-state index contributed by atoms with van der Waals surface area (Å²) in [5.41, 5.74) is -0.515. The maximum atomic E-state index is 14.6. The van der Waals surface area contributed by atoms with Gasteiger partial charge >= 0.3 is 0 Å². The molecule has 0 saturated carbocycles. The molecule has 1 N–H and O–H groups in total. The van der Waals surface area contributed by atoms with Gasteiger partial charge in [0.25, 0.3) is 0 Å². The highest BCUT2D eigenvalue weighted by Crippen LogP contribution is 2.49. The van der Waals surface area contributed by atoms with E-state index in [-0.39, 0.29) is 16.9 Å². The van der Waals surface area contributed by atoms with E-state index in [0.717, 1.165) is 17.7 Å². The van der Waals surface area contributed by atoms with Gasteiger partial charge in [0.2, 0.25) is 0 Å². The Kier molecular flexibility index (Phi) is 6.60. The van der Waals surface area contributed by atoms with Crippen molar-refractivity contribution in [2.24, 2.45) is 0 Å². The molecular weight excluding hydrogens is 414 g/mol. The zero-order chi connectivity index (χ0) is 21.1. The number of hydrogen-bond donors (Lipinski definition) is 1. The molecule has 0 bridgehead atoms. The Hall–Kier alpha value is -1.97. The predicted molar refractivity (Wildman–Crippen MR) is 112 cm³/mol. The molecule has 2 atom stereocenters. The van der Waals surface area contributed by atoms with Gasteiger partial charge in [0.05, 0.1) is 6.54 Å². The summed E-state index contributed by atoms with van der Waals surface area (Å²) in [5, 5.41) is 15.2. The number of hydrogen-bond acceptors (Lipinski definition) is 6. The summed E-state index contributed by atoms with van der Waals surface area (Å²) in [6.07, 6.45) is 6.28. The molecule has 0 aliphatic rings. The second kappa shape index (κ2) is 8.81. The van der Waals surface area contributed by atoms with Crippen molar-refractivity contribution in [3.8, 4) is 0 Å². The van der Waals surface area contributed by atoms with Crippen molar-refractivity contribution in [1.82, 2.24) is 19.7 Å². The van der Waals surface area contributed by atoms with E-state index in [1.54, 1.807) is 23.2 Å². The van der Waals surface area contributed by atoms with E-state index < -0.39 is 22.5 Å². The molecule has 3 rings (SSSR count). The molecule has 2 heterocycles. The minimum atomic E-state index is -1.63. The molecule has 1 aromatic carbocycles. The van der Waals surface area contributed by atoms with Crippen LogP contribution in [0, 0.1) is 11.6 Å². The molecule has 5 nitrogen and oxygen atoms in total. The summed E-state index contributed by atoms with van der Waals surface area (Å²) >= 11 is 0. The number of halogens is 2. The lowest BCUT2D eigenvalue weighted by Crippen LogP contribution is -2.41. The zero-order valence-corrected chi connectivity index (χ0v) is 17.9. The number of benzene rings is 1. The fourth-order valence-electron chi connectivity index (χ4n) is 2.91. The van der Waals surface area contributed by atoms with Crippen LogP contribution in [0.15, 0.2) is 55.4 Å². The molecule has 0 aliphatic heterocycles. The van der Waals surface area contributed by atoms with Gasteiger partial charge in [-0.1, -0.05) is 27.7 Å². The third-order valence-electron chi connectivity index (χ3n) is 4.72. The van der Waals surface area contributed by atoms with E-state index in [0.29, 0.717) is 0 Å². The van der Waals surface area contributed by atoms with Gasteiger partial charge in [0, 0.05) is 34.0 Å². The van der Waals surface area contributed by atoms with E-state index in [9.17, 15) is 13.9 Å². The minimum absolute atomic E-state index is 0.0139. The van der Waals surface area contributed by atoms with Crippen LogP contribution in [0.2, 0.25) is 0 Å².